The molecular weight excluding hydrogens is 266 g/mol. The predicted octanol–water partition coefficient (Wildman–Crippen LogP) is 3.65. The zero-order valence-electron chi connectivity index (χ0n) is 13.6. The molecule has 114 valence electrons. The van der Waals surface area contributed by atoms with Crippen molar-refractivity contribution in [1.82, 2.24) is 15.2 Å². The Morgan fingerprint density at radius 1 is 1.30 bits per heavy atom. The van der Waals surface area contributed by atoms with E-state index < -0.39 is 0 Å². The van der Waals surface area contributed by atoms with Gasteiger partial charge in [0.1, 0.15) is 5.01 Å². The van der Waals surface area contributed by atoms with E-state index in [0.717, 1.165) is 13.1 Å². The van der Waals surface area contributed by atoms with Crippen molar-refractivity contribution in [2.75, 3.05) is 13.1 Å². The molecule has 1 N–H and O–H groups in total. The van der Waals surface area contributed by atoms with Gasteiger partial charge in [-0.3, -0.25) is 4.90 Å². The largest absolute Gasteiger partial charge is 0.306 e. The van der Waals surface area contributed by atoms with Crippen LogP contribution in [0.5, 0.6) is 0 Å². The Balaban J connectivity index is 1.81. The van der Waals surface area contributed by atoms with Crippen LogP contribution in [0.25, 0.3) is 0 Å². The molecule has 2 heterocycles. The Morgan fingerprint density at radius 2 is 1.95 bits per heavy atom. The molecule has 3 nitrogen and oxygen atoms in total. The molecule has 1 aromatic heterocycles. The molecule has 0 aromatic carbocycles. The maximum Gasteiger partial charge on any atom is 0.107 e. The highest BCUT2D eigenvalue weighted by atomic mass is 32.1. The van der Waals surface area contributed by atoms with Gasteiger partial charge in [-0.2, -0.15) is 0 Å². The second-order valence-electron chi connectivity index (χ2n) is 7.78. The second-order valence-corrected chi connectivity index (χ2v) is 8.72. The smallest absolute Gasteiger partial charge is 0.107 e. The monoisotopic (exact) mass is 295 g/mol. The van der Waals surface area contributed by atoms with Gasteiger partial charge >= 0.3 is 0 Å². The van der Waals surface area contributed by atoms with E-state index in [-0.39, 0.29) is 5.54 Å². The molecule has 1 aliphatic rings. The summed E-state index contributed by atoms with van der Waals surface area (Å²) in [5.41, 5.74) is 1.92. The highest BCUT2D eigenvalue weighted by Crippen LogP contribution is 2.30. The first-order valence-electron chi connectivity index (χ1n) is 7.64. The summed E-state index contributed by atoms with van der Waals surface area (Å²) in [5.74, 6) is 0. The molecular formula is C16H29N3S. The number of nitrogens with one attached hydrogen (secondary N) is 1. The van der Waals surface area contributed by atoms with Gasteiger partial charge in [-0.05, 0) is 52.1 Å². The molecule has 4 heteroatoms. The molecule has 0 bridgehead atoms. The van der Waals surface area contributed by atoms with Crippen LogP contribution in [-0.4, -0.2) is 28.5 Å². The number of hydrogen-bond acceptors (Lipinski definition) is 4. The molecule has 1 aromatic rings. The lowest BCUT2D eigenvalue weighted by molar-refractivity contribution is 0.126. The molecule has 0 atom stereocenters. The number of hydrogen-bond donors (Lipinski definition) is 1. The molecule has 0 saturated carbocycles. The Bertz CT molecular complexity index is 421. The van der Waals surface area contributed by atoms with Crippen LogP contribution in [0.1, 0.15) is 58.2 Å². The van der Waals surface area contributed by atoms with E-state index in [1.165, 1.54) is 36.6 Å². The molecule has 0 aliphatic carbocycles. The molecule has 1 saturated heterocycles. The first-order chi connectivity index (χ1) is 9.23. The fraction of sp³-hybridized carbons (Fsp3) is 0.812. The molecule has 0 radical (unpaired) electrons. The van der Waals surface area contributed by atoms with Crippen molar-refractivity contribution >= 4 is 11.3 Å². The number of rotatable bonds is 4. The number of nitrogens with zero attached hydrogens (tertiary/aromatic N) is 2. The zero-order chi connectivity index (χ0) is 14.8. The summed E-state index contributed by atoms with van der Waals surface area (Å²) in [6.45, 7) is 15.6. The minimum Gasteiger partial charge on any atom is -0.306 e. The minimum absolute atomic E-state index is 0.157. The number of thiazole rings is 1. The topological polar surface area (TPSA) is 28.2 Å². The number of aromatic nitrogens is 1. The van der Waals surface area contributed by atoms with Crippen molar-refractivity contribution in [3.63, 3.8) is 0 Å². The summed E-state index contributed by atoms with van der Waals surface area (Å²) < 4.78 is 0. The highest BCUT2D eigenvalue weighted by Gasteiger charge is 2.25. The first kappa shape index (κ1) is 15.9. The van der Waals surface area contributed by atoms with E-state index in [1.807, 2.05) is 0 Å². The Morgan fingerprint density at radius 3 is 2.55 bits per heavy atom. The normalized spacial score (nSPS) is 20.2. The Hall–Kier alpha value is -0.450. The maximum absolute atomic E-state index is 4.76. The van der Waals surface area contributed by atoms with E-state index in [0.29, 0.717) is 5.41 Å². The molecule has 0 amide bonds. The quantitative estimate of drug-likeness (QED) is 0.919. The van der Waals surface area contributed by atoms with Crippen molar-refractivity contribution in [1.29, 1.82) is 0 Å². The van der Waals surface area contributed by atoms with Gasteiger partial charge in [-0.15, -0.1) is 11.3 Å². The van der Waals surface area contributed by atoms with E-state index in [4.69, 9.17) is 4.98 Å². The van der Waals surface area contributed by atoms with E-state index >= 15 is 0 Å². The van der Waals surface area contributed by atoms with Gasteiger partial charge in [0.25, 0.3) is 0 Å². The van der Waals surface area contributed by atoms with Crippen LogP contribution >= 0.6 is 11.3 Å². The molecule has 2 rings (SSSR count). The molecule has 0 spiro atoms. The van der Waals surface area contributed by atoms with Crippen LogP contribution < -0.4 is 5.32 Å². The lowest BCUT2D eigenvalue weighted by atomic mass is 9.83. The van der Waals surface area contributed by atoms with Gasteiger partial charge in [0.05, 0.1) is 5.69 Å². The Kier molecular flexibility index (Phi) is 4.88. The van der Waals surface area contributed by atoms with Gasteiger partial charge in [0.15, 0.2) is 0 Å². The summed E-state index contributed by atoms with van der Waals surface area (Å²) in [5, 5.41) is 6.92. The molecule has 1 aliphatic heterocycles. The summed E-state index contributed by atoms with van der Waals surface area (Å²) in [4.78, 5) is 7.30. The average molecular weight is 295 g/mol. The minimum atomic E-state index is 0.157. The van der Waals surface area contributed by atoms with Crippen molar-refractivity contribution < 1.29 is 0 Å². The number of piperidine rings is 1. The average Bonchev–Trinajstić information content (AvgIpc) is 2.76. The van der Waals surface area contributed by atoms with Gasteiger partial charge in [-0.1, -0.05) is 13.8 Å². The van der Waals surface area contributed by atoms with Crippen LogP contribution in [0.4, 0.5) is 0 Å². The molecule has 20 heavy (non-hydrogen) atoms. The number of likely N-dealkylation sites (tertiary alicyclic amines) is 1. The molecule has 1 fully saturated rings. The summed E-state index contributed by atoms with van der Waals surface area (Å²) in [6, 6.07) is 0. The van der Waals surface area contributed by atoms with Gasteiger partial charge < -0.3 is 5.32 Å². The van der Waals surface area contributed by atoms with Crippen molar-refractivity contribution in [3.8, 4) is 0 Å². The maximum atomic E-state index is 4.76. The third kappa shape index (κ3) is 5.15. The molecule has 0 unspecified atom stereocenters. The summed E-state index contributed by atoms with van der Waals surface area (Å²) >= 11 is 1.78. The highest BCUT2D eigenvalue weighted by molar-refractivity contribution is 7.09. The van der Waals surface area contributed by atoms with Crippen LogP contribution in [0.2, 0.25) is 0 Å². The van der Waals surface area contributed by atoms with Gasteiger partial charge in [0.2, 0.25) is 0 Å². The lowest BCUT2D eigenvalue weighted by Crippen LogP contribution is -2.37. The van der Waals surface area contributed by atoms with Crippen molar-refractivity contribution in [2.45, 2.75) is 66.1 Å². The lowest BCUT2D eigenvalue weighted by Gasteiger charge is -2.36. The van der Waals surface area contributed by atoms with Crippen LogP contribution in [-0.2, 0) is 13.1 Å². The van der Waals surface area contributed by atoms with Crippen molar-refractivity contribution in [3.05, 3.63) is 16.1 Å². The SMILES string of the molecule is CC1(C)CCN(Cc2csc(CNC(C)(C)C)n2)CC1. The standard InChI is InChI=1S/C16H29N3S/c1-15(2,3)17-10-14-18-13(12-20-14)11-19-8-6-16(4,5)7-9-19/h12,17H,6-11H2,1-5H3. The van der Waals surface area contributed by atoms with Gasteiger partial charge in [0, 0.05) is 24.0 Å². The van der Waals surface area contributed by atoms with E-state index in [2.05, 4.69) is 50.2 Å². The Labute approximate surface area is 127 Å². The zero-order valence-corrected chi connectivity index (χ0v) is 14.4. The third-order valence-electron chi connectivity index (χ3n) is 3.96. The second kappa shape index (κ2) is 6.12. The summed E-state index contributed by atoms with van der Waals surface area (Å²) in [6.07, 6.45) is 2.60. The van der Waals surface area contributed by atoms with Crippen LogP contribution in [0.3, 0.4) is 0 Å². The summed E-state index contributed by atoms with van der Waals surface area (Å²) in [7, 11) is 0. The van der Waals surface area contributed by atoms with E-state index in [9.17, 15) is 0 Å². The van der Waals surface area contributed by atoms with E-state index in [1.54, 1.807) is 11.3 Å². The van der Waals surface area contributed by atoms with Crippen LogP contribution in [0, 0.1) is 5.41 Å². The third-order valence-corrected chi connectivity index (χ3v) is 4.86. The first-order valence-corrected chi connectivity index (χ1v) is 8.52. The predicted molar refractivity (Wildman–Crippen MR) is 87.0 cm³/mol. The van der Waals surface area contributed by atoms with Crippen LogP contribution in [0.15, 0.2) is 5.38 Å². The fourth-order valence-corrected chi connectivity index (χ4v) is 3.11. The fourth-order valence-electron chi connectivity index (χ4n) is 2.39. The van der Waals surface area contributed by atoms with Crippen molar-refractivity contribution in [2.24, 2.45) is 5.41 Å². The van der Waals surface area contributed by atoms with Gasteiger partial charge in [-0.25, -0.2) is 4.98 Å².